The predicted octanol–water partition coefficient (Wildman–Crippen LogP) is 1.87. The van der Waals surface area contributed by atoms with Crippen molar-refractivity contribution in [1.82, 2.24) is 0 Å². The molecular weight excluding hydrogens is 182 g/mol. The van der Waals surface area contributed by atoms with Crippen LogP contribution in [0, 0.1) is 0 Å². The maximum absolute atomic E-state index is 10.4. The van der Waals surface area contributed by atoms with E-state index in [-0.39, 0.29) is 0 Å². The van der Waals surface area contributed by atoms with Gasteiger partial charge in [-0.1, -0.05) is 0 Å². The average Bonchev–Trinajstić information content (AvgIpc) is 2.18. The summed E-state index contributed by atoms with van der Waals surface area (Å²) in [6.07, 6.45) is 0.850. The van der Waals surface area contributed by atoms with E-state index in [2.05, 4.69) is 17.5 Å². The molecule has 13 heavy (non-hydrogen) atoms. The Hall–Kier alpha value is -0.960. The van der Waals surface area contributed by atoms with E-state index in [9.17, 15) is 4.79 Å². The van der Waals surface area contributed by atoms with E-state index in [0.29, 0.717) is 5.56 Å². The Labute approximate surface area is 84.0 Å². The van der Waals surface area contributed by atoms with Gasteiger partial charge in [-0.2, -0.15) is 12.6 Å². The number of benzene rings is 1. The highest BCUT2D eigenvalue weighted by atomic mass is 32.1. The molecule has 1 aromatic rings. The molecule has 0 aliphatic heterocycles. The largest absolute Gasteiger partial charge is 0.374 e. The molecule has 0 heterocycles. The van der Waals surface area contributed by atoms with E-state index >= 15 is 0 Å². The first-order valence-electron chi connectivity index (χ1n) is 4.15. The topological polar surface area (TPSA) is 20.3 Å². The second-order valence-corrected chi connectivity index (χ2v) is 3.30. The first-order valence-corrected chi connectivity index (χ1v) is 4.78. The molecule has 0 amide bonds. The molecule has 1 aromatic carbocycles. The first-order chi connectivity index (χ1) is 6.27. The van der Waals surface area contributed by atoms with Crippen molar-refractivity contribution in [3.05, 3.63) is 29.8 Å². The van der Waals surface area contributed by atoms with Crippen molar-refractivity contribution in [2.75, 3.05) is 24.2 Å². The molecule has 0 saturated carbocycles. The summed E-state index contributed by atoms with van der Waals surface area (Å²) in [5.74, 6) is 0.825. The lowest BCUT2D eigenvalue weighted by molar-refractivity contribution is 0.112. The number of anilines is 1. The molecule has 70 valence electrons. The standard InChI is InChI=1S/C10H13NOS/c1-11(6-7-13)10-4-2-9(8-12)3-5-10/h2-5,8,13H,6-7H2,1H3. The van der Waals surface area contributed by atoms with Gasteiger partial charge in [-0.25, -0.2) is 0 Å². The lowest BCUT2D eigenvalue weighted by Gasteiger charge is -2.17. The molecule has 0 unspecified atom stereocenters. The maximum atomic E-state index is 10.4. The Balaban J connectivity index is 2.73. The van der Waals surface area contributed by atoms with Gasteiger partial charge in [-0.3, -0.25) is 4.79 Å². The molecule has 0 saturated heterocycles. The molecule has 0 N–H and O–H groups in total. The highest BCUT2D eigenvalue weighted by molar-refractivity contribution is 7.80. The monoisotopic (exact) mass is 195 g/mol. The fraction of sp³-hybridized carbons (Fsp3) is 0.300. The summed E-state index contributed by atoms with van der Waals surface area (Å²) >= 11 is 4.15. The SMILES string of the molecule is CN(CCS)c1ccc(C=O)cc1. The third-order valence-corrected chi connectivity index (χ3v) is 2.11. The van der Waals surface area contributed by atoms with Crippen molar-refractivity contribution < 1.29 is 4.79 Å². The number of hydrogen-bond donors (Lipinski definition) is 1. The summed E-state index contributed by atoms with van der Waals surface area (Å²) < 4.78 is 0. The van der Waals surface area contributed by atoms with E-state index in [0.717, 1.165) is 24.3 Å². The van der Waals surface area contributed by atoms with Crippen LogP contribution in [0.15, 0.2) is 24.3 Å². The number of carbonyl (C=O) groups excluding carboxylic acids is 1. The van der Waals surface area contributed by atoms with Gasteiger partial charge in [-0.15, -0.1) is 0 Å². The average molecular weight is 195 g/mol. The van der Waals surface area contributed by atoms with Crippen molar-refractivity contribution in [2.45, 2.75) is 0 Å². The van der Waals surface area contributed by atoms with Gasteiger partial charge in [-0.05, 0) is 24.3 Å². The van der Waals surface area contributed by atoms with Crippen LogP contribution in [0.5, 0.6) is 0 Å². The molecule has 0 spiro atoms. The Morgan fingerprint density at radius 3 is 2.46 bits per heavy atom. The number of rotatable bonds is 4. The first kappa shape index (κ1) is 10.1. The molecule has 3 heteroatoms. The van der Waals surface area contributed by atoms with Crippen molar-refractivity contribution in [1.29, 1.82) is 0 Å². The minimum absolute atomic E-state index is 0.711. The highest BCUT2D eigenvalue weighted by Crippen LogP contribution is 2.12. The van der Waals surface area contributed by atoms with Crippen LogP contribution in [-0.2, 0) is 0 Å². The van der Waals surface area contributed by atoms with Gasteiger partial charge < -0.3 is 4.90 Å². The van der Waals surface area contributed by atoms with E-state index in [1.165, 1.54) is 0 Å². The summed E-state index contributed by atoms with van der Waals surface area (Å²) in [5.41, 5.74) is 1.82. The normalized spacial score (nSPS) is 9.69. The van der Waals surface area contributed by atoms with Gasteiger partial charge >= 0.3 is 0 Å². The molecule has 0 bridgehead atoms. The number of aldehydes is 1. The van der Waals surface area contributed by atoms with Crippen LogP contribution in [0.2, 0.25) is 0 Å². The summed E-state index contributed by atoms with van der Waals surface area (Å²) in [6.45, 7) is 0.906. The number of carbonyl (C=O) groups is 1. The minimum Gasteiger partial charge on any atom is -0.374 e. The molecule has 0 aliphatic rings. The van der Waals surface area contributed by atoms with Gasteiger partial charge in [0.15, 0.2) is 0 Å². The third kappa shape index (κ3) is 2.77. The van der Waals surface area contributed by atoms with E-state index in [4.69, 9.17) is 0 Å². The van der Waals surface area contributed by atoms with Crippen molar-refractivity contribution in [3.63, 3.8) is 0 Å². The second-order valence-electron chi connectivity index (χ2n) is 2.85. The molecule has 1 rings (SSSR count). The quantitative estimate of drug-likeness (QED) is 0.584. The van der Waals surface area contributed by atoms with Crippen molar-refractivity contribution in [3.8, 4) is 0 Å². The molecule has 2 nitrogen and oxygen atoms in total. The molecule has 0 fully saturated rings. The Morgan fingerprint density at radius 1 is 1.38 bits per heavy atom. The fourth-order valence-corrected chi connectivity index (χ4v) is 1.39. The van der Waals surface area contributed by atoms with Gasteiger partial charge in [0.25, 0.3) is 0 Å². The van der Waals surface area contributed by atoms with Crippen LogP contribution in [0.3, 0.4) is 0 Å². The Morgan fingerprint density at radius 2 is 2.00 bits per heavy atom. The minimum atomic E-state index is 0.711. The third-order valence-electron chi connectivity index (χ3n) is 1.91. The highest BCUT2D eigenvalue weighted by Gasteiger charge is 1.98. The van der Waals surface area contributed by atoms with Crippen LogP contribution >= 0.6 is 12.6 Å². The summed E-state index contributed by atoms with van der Waals surface area (Å²) in [6, 6.07) is 7.51. The molecular formula is C10H13NOS. The van der Waals surface area contributed by atoms with Crippen LogP contribution in [0.1, 0.15) is 10.4 Å². The maximum Gasteiger partial charge on any atom is 0.150 e. The fourth-order valence-electron chi connectivity index (χ4n) is 1.09. The number of thiol groups is 1. The smallest absolute Gasteiger partial charge is 0.150 e. The molecule has 0 atom stereocenters. The van der Waals surface area contributed by atoms with Gasteiger partial charge in [0.1, 0.15) is 6.29 Å². The van der Waals surface area contributed by atoms with E-state index in [1.807, 2.05) is 31.3 Å². The summed E-state index contributed by atoms with van der Waals surface area (Å²) in [5, 5.41) is 0. The number of nitrogens with zero attached hydrogens (tertiary/aromatic N) is 1. The zero-order chi connectivity index (χ0) is 9.68. The molecule has 0 aliphatic carbocycles. The lowest BCUT2D eigenvalue weighted by atomic mass is 10.2. The van der Waals surface area contributed by atoms with Crippen LogP contribution in [-0.4, -0.2) is 25.6 Å². The second kappa shape index (κ2) is 4.92. The zero-order valence-electron chi connectivity index (χ0n) is 7.60. The summed E-state index contributed by atoms with van der Waals surface area (Å²) in [7, 11) is 2.01. The van der Waals surface area contributed by atoms with Crippen LogP contribution in [0.4, 0.5) is 5.69 Å². The van der Waals surface area contributed by atoms with Crippen LogP contribution in [0.25, 0.3) is 0 Å². The van der Waals surface area contributed by atoms with Gasteiger partial charge in [0.05, 0.1) is 0 Å². The zero-order valence-corrected chi connectivity index (χ0v) is 8.50. The Bertz CT molecular complexity index is 271. The lowest BCUT2D eigenvalue weighted by Crippen LogP contribution is -2.19. The molecule has 0 radical (unpaired) electrons. The van der Waals surface area contributed by atoms with Crippen LogP contribution < -0.4 is 4.90 Å². The van der Waals surface area contributed by atoms with Gasteiger partial charge in [0.2, 0.25) is 0 Å². The van der Waals surface area contributed by atoms with Gasteiger partial charge in [0, 0.05) is 30.6 Å². The summed E-state index contributed by atoms with van der Waals surface area (Å²) in [4.78, 5) is 12.5. The predicted molar refractivity (Wildman–Crippen MR) is 59.0 cm³/mol. The molecule has 0 aromatic heterocycles. The Kier molecular flexibility index (Phi) is 3.83. The van der Waals surface area contributed by atoms with Crippen molar-refractivity contribution >= 4 is 24.6 Å². The van der Waals surface area contributed by atoms with E-state index < -0.39 is 0 Å². The van der Waals surface area contributed by atoms with E-state index in [1.54, 1.807) is 0 Å². The number of hydrogen-bond acceptors (Lipinski definition) is 3. The van der Waals surface area contributed by atoms with Crippen molar-refractivity contribution in [2.24, 2.45) is 0 Å².